The molecule has 0 unspecified atom stereocenters. The molecular formula is C14H15N9O5. The van der Waals surface area contributed by atoms with E-state index in [0.717, 1.165) is 0 Å². The van der Waals surface area contributed by atoms with Crippen molar-refractivity contribution in [1.29, 1.82) is 0 Å². The van der Waals surface area contributed by atoms with Crippen molar-refractivity contribution in [3.8, 4) is 0 Å². The molecule has 1 amide bonds. The van der Waals surface area contributed by atoms with E-state index < -0.39 is 22.7 Å². The molecule has 28 heavy (non-hydrogen) atoms. The number of aromatic nitrogens is 7. The molecule has 1 N–H and O–H groups in total. The fraction of sp³-hybridized carbons (Fsp3) is 0.286. The lowest BCUT2D eigenvalue weighted by atomic mass is 10.3. The molecule has 0 aliphatic heterocycles. The Hall–Kier alpha value is -4.10. The summed E-state index contributed by atoms with van der Waals surface area (Å²) in [7, 11) is 1.22. The first-order valence-corrected chi connectivity index (χ1v) is 7.95. The first kappa shape index (κ1) is 18.7. The van der Waals surface area contributed by atoms with Gasteiger partial charge in [0.15, 0.2) is 18.1 Å². The minimum absolute atomic E-state index is 0.0212. The number of nitrogens with one attached hydrogen (secondary N) is 1. The van der Waals surface area contributed by atoms with Gasteiger partial charge >= 0.3 is 11.9 Å². The van der Waals surface area contributed by atoms with E-state index in [1.807, 2.05) is 6.92 Å². The standard InChI is InChI=1S/C14H15N9O5/c1-3-20-6-10(11(18-20)13(25)28-2)16-12(24)9-4-5-21(17-9)8-22-7-15-14(19-22)23(26)27/h4-7H,3,8H2,1-2H3,(H,16,24). The van der Waals surface area contributed by atoms with Crippen molar-refractivity contribution in [2.75, 3.05) is 12.4 Å². The Balaban J connectivity index is 1.73. The van der Waals surface area contributed by atoms with Crippen molar-refractivity contribution in [3.05, 3.63) is 46.3 Å². The second-order valence-corrected chi connectivity index (χ2v) is 5.42. The lowest BCUT2D eigenvalue weighted by molar-refractivity contribution is -0.394. The van der Waals surface area contributed by atoms with Crippen LogP contribution in [-0.2, 0) is 18.0 Å². The average Bonchev–Trinajstić information content (AvgIpc) is 3.41. The van der Waals surface area contributed by atoms with Crippen molar-refractivity contribution in [1.82, 2.24) is 34.3 Å². The lowest BCUT2D eigenvalue weighted by Gasteiger charge is -2.02. The number of hydrogen-bond donors (Lipinski definition) is 1. The Morgan fingerprint density at radius 1 is 1.25 bits per heavy atom. The summed E-state index contributed by atoms with van der Waals surface area (Å²) in [5, 5.41) is 25.0. The van der Waals surface area contributed by atoms with Crippen LogP contribution in [0.15, 0.2) is 24.8 Å². The molecule has 14 heteroatoms. The summed E-state index contributed by atoms with van der Waals surface area (Å²) in [4.78, 5) is 37.7. The van der Waals surface area contributed by atoms with Crippen LogP contribution in [-0.4, -0.2) is 58.2 Å². The molecule has 14 nitrogen and oxygen atoms in total. The predicted molar refractivity (Wildman–Crippen MR) is 91.5 cm³/mol. The summed E-state index contributed by atoms with van der Waals surface area (Å²) in [6.45, 7) is 2.35. The molecule has 0 bridgehead atoms. The van der Waals surface area contributed by atoms with E-state index >= 15 is 0 Å². The average molecular weight is 389 g/mol. The first-order valence-electron chi connectivity index (χ1n) is 7.95. The van der Waals surface area contributed by atoms with Crippen LogP contribution in [0.5, 0.6) is 0 Å². The maximum absolute atomic E-state index is 12.4. The van der Waals surface area contributed by atoms with Crippen molar-refractivity contribution in [2.24, 2.45) is 0 Å². The van der Waals surface area contributed by atoms with Crippen LogP contribution < -0.4 is 5.32 Å². The zero-order valence-corrected chi connectivity index (χ0v) is 14.8. The number of amides is 1. The monoisotopic (exact) mass is 389 g/mol. The second-order valence-electron chi connectivity index (χ2n) is 5.42. The third-order valence-corrected chi connectivity index (χ3v) is 3.56. The van der Waals surface area contributed by atoms with Crippen LogP contribution in [0.4, 0.5) is 11.6 Å². The van der Waals surface area contributed by atoms with E-state index in [1.165, 1.54) is 45.9 Å². The molecule has 3 aromatic rings. The minimum Gasteiger partial charge on any atom is -0.464 e. The molecule has 3 heterocycles. The second kappa shape index (κ2) is 7.65. The zero-order valence-electron chi connectivity index (χ0n) is 14.8. The first-order chi connectivity index (χ1) is 13.4. The predicted octanol–water partition coefficient (Wildman–Crippen LogP) is 0.144. The summed E-state index contributed by atoms with van der Waals surface area (Å²) in [5.41, 5.74) is 0.238. The molecule has 0 radical (unpaired) electrons. The maximum atomic E-state index is 12.4. The lowest BCUT2D eigenvalue weighted by Crippen LogP contribution is -2.16. The highest BCUT2D eigenvalue weighted by Gasteiger charge is 2.21. The van der Waals surface area contributed by atoms with Gasteiger partial charge in [0.1, 0.15) is 0 Å². The van der Waals surface area contributed by atoms with E-state index in [-0.39, 0.29) is 23.7 Å². The highest BCUT2D eigenvalue weighted by Crippen LogP contribution is 2.16. The fourth-order valence-corrected chi connectivity index (χ4v) is 2.26. The van der Waals surface area contributed by atoms with Crippen LogP contribution in [0.25, 0.3) is 0 Å². The number of esters is 1. The van der Waals surface area contributed by atoms with Gasteiger partial charge in [-0.25, -0.2) is 9.48 Å². The highest BCUT2D eigenvalue weighted by molar-refractivity contribution is 6.06. The number of carbonyl (C=O) groups excluding carboxylic acids is 2. The molecular weight excluding hydrogens is 374 g/mol. The Morgan fingerprint density at radius 3 is 2.68 bits per heavy atom. The van der Waals surface area contributed by atoms with Crippen molar-refractivity contribution in [3.63, 3.8) is 0 Å². The van der Waals surface area contributed by atoms with E-state index in [4.69, 9.17) is 0 Å². The van der Waals surface area contributed by atoms with E-state index in [9.17, 15) is 19.7 Å². The van der Waals surface area contributed by atoms with Crippen LogP contribution in [0.3, 0.4) is 0 Å². The van der Waals surface area contributed by atoms with Crippen LogP contribution >= 0.6 is 0 Å². The third-order valence-electron chi connectivity index (χ3n) is 3.56. The van der Waals surface area contributed by atoms with E-state index in [2.05, 4.69) is 30.3 Å². The minimum atomic E-state index is -0.714. The van der Waals surface area contributed by atoms with E-state index in [1.54, 1.807) is 0 Å². The topological polar surface area (TPSA) is 165 Å². The summed E-state index contributed by atoms with van der Waals surface area (Å²) in [6.07, 6.45) is 4.19. The van der Waals surface area contributed by atoms with Gasteiger partial charge < -0.3 is 20.2 Å². The number of methoxy groups -OCH3 is 1. The van der Waals surface area contributed by atoms with Gasteiger partial charge in [-0.3, -0.25) is 9.48 Å². The van der Waals surface area contributed by atoms with Gasteiger partial charge in [0.25, 0.3) is 5.91 Å². The van der Waals surface area contributed by atoms with Gasteiger partial charge in [0.05, 0.1) is 12.8 Å². The zero-order chi connectivity index (χ0) is 20.3. The maximum Gasteiger partial charge on any atom is 0.491 e. The molecule has 0 fully saturated rings. The number of nitro groups is 1. The number of nitrogens with zero attached hydrogens (tertiary/aromatic N) is 8. The van der Waals surface area contributed by atoms with Crippen LogP contribution in [0.2, 0.25) is 0 Å². The number of ether oxygens (including phenoxy) is 1. The Kier molecular flexibility index (Phi) is 5.10. The quantitative estimate of drug-likeness (QED) is 0.336. The summed E-state index contributed by atoms with van der Waals surface area (Å²) in [6, 6.07) is 1.45. The Morgan fingerprint density at radius 2 is 2.04 bits per heavy atom. The molecule has 0 aromatic carbocycles. The number of aryl methyl sites for hydroxylation is 1. The van der Waals surface area contributed by atoms with Gasteiger partial charge in [-0.1, -0.05) is 4.98 Å². The smallest absolute Gasteiger partial charge is 0.464 e. The summed E-state index contributed by atoms with van der Waals surface area (Å²) < 4.78 is 8.70. The van der Waals surface area contributed by atoms with Gasteiger partial charge in [0, 0.05) is 24.0 Å². The SMILES string of the molecule is CCn1cc(NC(=O)c2ccn(Cn3cnc([N+](=O)[O-])n3)n2)c(C(=O)OC)n1. The van der Waals surface area contributed by atoms with Gasteiger partial charge in [-0.15, -0.1) is 0 Å². The molecule has 0 aliphatic rings. The van der Waals surface area contributed by atoms with Gasteiger partial charge in [-0.05, 0) is 17.9 Å². The Labute approximate surface area is 156 Å². The molecule has 0 saturated heterocycles. The summed E-state index contributed by atoms with van der Waals surface area (Å²) in [5.74, 6) is -1.78. The normalized spacial score (nSPS) is 10.6. The van der Waals surface area contributed by atoms with E-state index in [0.29, 0.717) is 6.54 Å². The Bertz CT molecular complexity index is 1030. The molecule has 0 aliphatic carbocycles. The van der Waals surface area contributed by atoms with Crippen LogP contribution in [0, 0.1) is 10.1 Å². The molecule has 0 atom stereocenters. The molecule has 3 aromatic heterocycles. The van der Waals surface area contributed by atoms with Crippen molar-refractivity contribution < 1.29 is 19.2 Å². The summed E-state index contributed by atoms with van der Waals surface area (Å²) >= 11 is 0. The third kappa shape index (κ3) is 3.84. The van der Waals surface area contributed by atoms with Crippen molar-refractivity contribution >= 4 is 23.5 Å². The fourth-order valence-electron chi connectivity index (χ4n) is 2.26. The largest absolute Gasteiger partial charge is 0.491 e. The highest BCUT2D eigenvalue weighted by atomic mass is 16.6. The number of anilines is 1. The number of hydrogen-bond acceptors (Lipinski definition) is 9. The number of rotatable bonds is 7. The molecule has 0 spiro atoms. The van der Waals surface area contributed by atoms with Gasteiger partial charge in [0.2, 0.25) is 6.33 Å². The molecule has 0 saturated carbocycles. The molecule has 146 valence electrons. The van der Waals surface area contributed by atoms with Crippen molar-refractivity contribution in [2.45, 2.75) is 20.1 Å². The number of carbonyl (C=O) groups is 2. The van der Waals surface area contributed by atoms with Gasteiger partial charge in [-0.2, -0.15) is 14.9 Å². The molecule has 3 rings (SSSR count). The van der Waals surface area contributed by atoms with Crippen LogP contribution in [0.1, 0.15) is 27.9 Å².